The lowest BCUT2D eigenvalue weighted by Gasteiger charge is -2.05. The number of benzene rings is 3. The third-order valence-electron chi connectivity index (χ3n) is 5.25. The topological polar surface area (TPSA) is 68.9 Å². The van der Waals surface area contributed by atoms with Crippen molar-refractivity contribution in [2.75, 3.05) is 0 Å². The van der Waals surface area contributed by atoms with Crippen molar-refractivity contribution in [1.82, 2.24) is 0 Å². The SMILES string of the molecule is CC(=O)ON=C(C)c1ccc(CSc2ccc(C(=O)c3oc4ccccc4c3C)cc2)cc1. The van der Waals surface area contributed by atoms with Crippen LogP contribution in [-0.4, -0.2) is 17.5 Å². The van der Waals surface area contributed by atoms with Crippen molar-refractivity contribution in [3.8, 4) is 0 Å². The summed E-state index contributed by atoms with van der Waals surface area (Å²) in [5.41, 5.74) is 4.89. The van der Waals surface area contributed by atoms with Crippen LogP contribution in [0.1, 0.15) is 46.7 Å². The van der Waals surface area contributed by atoms with Crippen LogP contribution in [-0.2, 0) is 15.4 Å². The minimum Gasteiger partial charge on any atom is -0.452 e. The average molecular weight is 458 g/mol. The zero-order valence-corrected chi connectivity index (χ0v) is 19.4. The van der Waals surface area contributed by atoms with E-state index in [-0.39, 0.29) is 5.78 Å². The van der Waals surface area contributed by atoms with E-state index in [1.54, 1.807) is 18.7 Å². The van der Waals surface area contributed by atoms with Crippen LogP contribution in [0.25, 0.3) is 11.0 Å². The number of fused-ring (bicyclic) bond motifs is 1. The molecule has 5 nitrogen and oxygen atoms in total. The number of para-hydroxylation sites is 1. The van der Waals surface area contributed by atoms with Gasteiger partial charge >= 0.3 is 5.97 Å². The van der Waals surface area contributed by atoms with Gasteiger partial charge in [-0.3, -0.25) is 4.79 Å². The Kier molecular flexibility index (Phi) is 6.75. The Hall–Kier alpha value is -3.64. The van der Waals surface area contributed by atoms with Crippen molar-refractivity contribution < 1.29 is 18.8 Å². The lowest BCUT2D eigenvalue weighted by Crippen LogP contribution is -2.01. The van der Waals surface area contributed by atoms with Crippen molar-refractivity contribution in [2.45, 2.75) is 31.4 Å². The number of ketones is 1. The van der Waals surface area contributed by atoms with E-state index in [1.165, 1.54) is 6.92 Å². The van der Waals surface area contributed by atoms with Crippen molar-refractivity contribution in [2.24, 2.45) is 5.16 Å². The molecule has 1 aromatic heterocycles. The van der Waals surface area contributed by atoms with Gasteiger partial charge in [0.15, 0.2) is 5.76 Å². The highest BCUT2D eigenvalue weighted by Crippen LogP contribution is 2.28. The van der Waals surface area contributed by atoms with Gasteiger partial charge < -0.3 is 9.25 Å². The normalized spacial score (nSPS) is 11.5. The molecule has 4 rings (SSSR count). The Labute approximate surface area is 196 Å². The molecule has 0 spiro atoms. The van der Waals surface area contributed by atoms with Crippen LogP contribution in [0.5, 0.6) is 0 Å². The van der Waals surface area contributed by atoms with Gasteiger partial charge in [-0.05, 0) is 55.3 Å². The molecule has 0 fully saturated rings. The van der Waals surface area contributed by atoms with Crippen LogP contribution in [0, 0.1) is 6.92 Å². The number of rotatable bonds is 7. The van der Waals surface area contributed by atoms with E-state index in [4.69, 9.17) is 4.42 Å². The molecule has 0 atom stereocenters. The number of thioether (sulfide) groups is 1. The molecule has 0 bridgehead atoms. The second-order valence-electron chi connectivity index (χ2n) is 7.65. The minimum atomic E-state index is -0.442. The Morgan fingerprint density at radius 1 is 0.909 bits per heavy atom. The lowest BCUT2D eigenvalue weighted by atomic mass is 10.1. The second-order valence-corrected chi connectivity index (χ2v) is 8.70. The first-order valence-electron chi connectivity index (χ1n) is 10.5. The van der Waals surface area contributed by atoms with E-state index in [0.29, 0.717) is 17.0 Å². The largest absolute Gasteiger partial charge is 0.452 e. The van der Waals surface area contributed by atoms with Crippen LogP contribution in [0.3, 0.4) is 0 Å². The quantitative estimate of drug-likeness (QED) is 0.103. The highest BCUT2D eigenvalue weighted by molar-refractivity contribution is 7.98. The summed E-state index contributed by atoms with van der Waals surface area (Å²) in [5.74, 6) is 0.629. The third kappa shape index (κ3) is 5.23. The van der Waals surface area contributed by atoms with Gasteiger partial charge in [-0.1, -0.05) is 47.6 Å². The summed E-state index contributed by atoms with van der Waals surface area (Å²) < 4.78 is 5.82. The molecule has 33 heavy (non-hydrogen) atoms. The summed E-state index contributed by atoms with van der Waals surface area (Å²) in [6, 6.07) is 23.2. The van der Waals surface area contributed by atoms with Gasteiger partial charge in [0.25, 0.3) is 0 Å². The Morgan fingerprint density at radius 2 is 1.58 bits per heavy atom. The van der Waals surface area contributed by atoms with Crippen molar-refractivity contribution in [3.05, 3.63) is 101 Å². The van der Waals surface area contributed by atoms with E-state index in [2.05, 4.69) is 9.99 Å². The summed E-state index contributed by atoms with van der Waals surface area (Å²) in [4.78, 5) is 29.6. The monoisotopic (exact) mass is 457 g/mol. The number of furan rings is 1. The molecule has 166 valence electrons. The van der Waals surface area contributed by atoms with Gasteiger partial charge in [0.05, 0.1) is 5.71 Å². The molecule has 3 aromatic carbocycles. The summed E-state index contributed by atoms with van der Waals surface area (Å²) >= 11 is 1.69. The molecule has 0 radical (unpaired) electrons. The lowest BCUT2D eigenvalue weighted by molar-refractivity contribution is -0.140. The number of aryl methyl sites for hydroxylation is 1. The van der Waals surface area contributed by atoms with E-state index in [0.717, 1.165) is 38.3 Å². The fraction of sp³-hybridized carbons (Fsp3) is 0.148. The summed E-state index contributed by atoms with van der Waals surface area (Å²) in [6.07, 6.45) is 0. The standard InChI is InChI=1S/C27H23NO4S/c1-17-24-6-4-5-7-25(24)31-27(17)26(30)22-12-14-23(15-13-22)33-16-20-8-10-21(11-9-20)18(2)28-32-19(3)29/h4-15H,16H2,1-3H3. The van der Waals surface area contributed by atoms with Crippen LogP contribution in [0.15, 0.2) is 87.3 Å². The molecule has 0 aliphatic rings. The van der Waals surface area contributed by atoms with Crippen molar-refractivity contribution in [1.29, 1.82) is 0 Å². The van der Waals surface area contributed by atoms with Crippen LogP contribution in [0.2, 0.25) is 0 Å². The minimum absolute atomic E-state index is 0.110. The number of hydrogen-bond donors (Lipinski definition) is 0. The maximum absolute atomic E-state index is 13.0. The molecule has 6 heteroatoms. The first-order chi connectivity index (χ1) is 15.9. The highest BCUT2D eigenvalue weighted by Gasteiger charge is 2.19. The molecule has 0 aliphatic carbocycles. The van der Waals surface area contributed by atoms with Crippen LogP contribution >= 0.6 is 11.8 Å². The average Bonchev–Trinajstić information content (AvgIpc) is 3.18. The zero-order valence-electron chi connectivity index (χ0n) is 18.6. The molecule has 0 N–H and O–H groups in total. The molecule has 1 heterocycles. The summed E-state index contributed by atoms with van der Waals surface area (Å²) in [7, 11) is 0. The van der Waals surface area contributed by atoms with E-state index >= 15 is 0 Å². The van der Waals surface area contributed by atoms with E-state index < -0.39 is 5.97 Å². The zero-order chi connectivity index (χ0) is 23.4. The predicted octanol–water partition coefficient (Wildman–Crippen LogP) is 6.55. The molecule has 0 saturated heterocycles. The fourth-order valence-corrected chi connectivity index (χ4v) is 4.27. The van der Waals surface area contributed by atoms with Gasteiger partial charge in [0, 0.05) is 34.1 Å². The summed E-state index contributed by atoms with van der Waals surface area (Å²) in [6.45, 7) is 5.03. The molecular formula is C27H23NO4S. The molecule has 4 aromatic rings. The molecule has 0 saturated carbocycles. The number of carbonyl (C=O) groups excluding carboxylic acids is 2. The molecule has 0 amide bonds. The Bertz CT molecular complexity index is 1340. The number of carbonyl (C=O) groups is 2. The van der Waals surface area contributed by atoms with E-state index in [9.17, 15) is 9.59 Å². The highest BCUT2D eigenvalue weighted by atomic mass is 32.2. The summed E-state index contributed by atoms with van der Waals surface area (Å²) in [5, 5.41) is 4.77. The van der Waals surface area contributed by atoms with Crippen molar-refractivity contribution >= 4 is 40.2 Å². The van der Waals surface area contributed by atoms with Crippen LogP contribution < -0.4 is 0 Å². The first kappa shape index (κ1) is 22.6. The predicted molar refractivity (Wildman–Crippen MR) is 131 cm³/mol. The fourth-order valence-electron chi connectivity index (χ4n) is 3.42. The molecular weight excluding hydrogens is 434 g/mol. The van der Waals surface area contributed by atoms with Gasteiger partial charge in [-0.15, -0.1) is 11.8 Å². The van der Waals surface area contributed by atoms with Gasteiger partial charge in [0.2, 0.25) is 5.78 Å². The molecule has 0 unspecified atom stereocenters. The first-order valence-corrected chi connectivity index (χ1v) is 11.5. The Balaban J connectivity index is 1.39. The maximum atomic E-state index is 13.0. The number of oxime groups is 1. The molecule has 0 aliphatic heterocycles. The third-order valence-corrected chi connectivity index (χ3v) is 6.34. The van der Waals surface area contributed by atoms with Gasteiger partial charge in [0.1, 0.15) is 5.58 Å². The number of nitrogens with zero attached hydrogens (tertiary/aromatic N) is 1. The number of hydrogen-bond acceptors (Lipinski definition) is 6. The Morgan fingerprint density at radius 3 is 2.24 bits per heavy atom. The maximum Gasteiger partial charge on any atom is 0.331 e. The van der Waals surface area contributed by atoms with Crippen LogP contribution in [0.4, 0.5) is 0 Å². The van der Waals surface area contributed by atoms with Gasteiger partial charge in [-0.2, -0.15) is 0 Å². The van der Waals surface area contributed by atoms with E-state index in [1.807, 2.05) is 79.7 Å². The van der Waals surface area contributed by atoms with Crippen molar-refractivity contribution in [3.63, 3.8) is 0 Å². The van der Waals surface area contributed by atoms with Gasteiger partial charge in [-0.25, -0.2) is 4.79 Å². The smallest absolute Gasteiger partial charge is 0.331 e. The second kappa shape index (κ2) is 9.88.